The summed E-state index contributed by atoms with van der Waals surface area (Å²) >= 11 is 2.99. The number of thiazole rings is 1. The molecule has 1 atom stereocenters. The van der Waals surface area contributed by atoms with Gasteiger partial charge in [-0.15, -0.1) is 11.3 Å². The Bertz CT molecular complexity index is 718. The highest BCUT2D eigenvalue weighted by Gasteiger charge is 2.26. The Morgan fingerprint density at radius 1 is 1.33 bits per heavy atom. The smallest absolute Gasteiger partial charge is 0.233 e. The minimum Gasteiger partial charge on any atom is -0.369 e. The molecule has 0 radical (unpaired) electrons. The molecular weight excluding hydrogens is 342 g/mol. The Hall–Kier alpha value is -1.86. The van der Waals surface area contributed by atoms with E-state index < -0.39 is 0 Å². The van der Waals surface area contributed by atoms with E-state index in [9.17, 15) is 9.59 Å². The van der Waals surface area contributed by atoms with Gasteiger partial charge in [0.05, 0.1) is 17.4 Å². The second-order valence-corrected chi connectivity index (χ2v) is 7.82. The summed E-state index contributed by atoms with van der Waals surface area (Å²) in [5.74, 6) is -0.139. The molecule has 2 heterocycles. The average molecular weight is 361 g/mol. The number of carbonyl (C=O) groups is 2. The SMILES string of the molecule is NC(=O)[C@H]1CCCN(C(=O)CSc2nc(-c3ccccc3)cs2)C1. The van der Waals surface area contributed by atoms with Crippen LogP contribution in [0.4, 0.5) is 0 Å². The molecule has 0 bridgehead atoms. The fraction of sp³-hybridized carbons (Fsp3) is 0.353. The Balaban J connectivity index is 1.55. The van der Waals surface area contributed by atoms with Gasteiger partial charge in [-0.05, 0) is 12.8 Å². The summed E-state index contributed by atoms with van der Waals surface area (Å²) in [6.07, 6.45) is 1.61. The molecule has 0 aliphatic carbocycles. The lowest BCUT2D eigenvalue weighted by atomic mass is 9.97. The van der Waals surface area contributed by atoms with Crippen molar-refractivity contribution >= 4 is 34.9 Å². The molecule has 1 saturated heterocycles. The van der Waals surface area contributed by atoms with Crippen molar-refractivity contribution in [3.8, 4) is 11.3 Å². The molecule has 7 heteroatoms. The number of nitrogens with zero attached hydrogens (tertiary/aromatic N) is 2. The summed E-state index contributed by atoms with van der Waals surface area (Å²) in [4.78, 5) is 30.0. The predicted octanol–water partition coefficient (Wildman–Crippen LogP) is 2.63. The maximum absolute atomic E-state index is 12.3. The minimum absolute atomic E-state index is 0.0439. The molecule has 126 valence electrons. The first kappa shape index (κ1) is 17.0. The lowest BCUT2D eigenvalue weighted by Gasteiger charge is -2.31. The third kappa shape index (κ3) is 4.15. The standard InChI is InChI=1S/C17H19N3O2S2/c18-16(22)13-7-4-8-20(9-13)15(21)11-24-17-19-14(10-23-17)12-5-2-1-3-6-12/h1-3,5-6,10,13H,4,7-9,11H2,(H2,18,22)/t13-/m0/s1. The number of likely N-dealkylation sites (tertiary alicyclic amines) is 1. The summed E-state index contributed by atoms with van der Waals surface area (Å²) in [5.41, 5.74) is 7.37. The van der Waals surface area contributed by atoms with Crippen LogP contribution < -0.4 is 5.73 Å². The van der Waals surface area contributed by atoms with Gasteiger partial charge in [0, 0.05) is 24.0 Å². The third-order valence-electron chi connectivity index (χ3n) is 4.05. The first-order valence-electron chi connectivity index (χ1n) is 7.84. The second-order valence-electron chi connectivity index (χ2n) is 5.73. The number of rotatable bonds is 5. The molecule has 24 heavy (non-hydrogen) atoms. The van der Waals surface area contributed by atoms with Gasteiger partial charge < -0.3 is 10.6 Å². The topological polar surface area (TPSA) is 76.3 Å². The minimum atomic E-state index is -0.312. The van der Waals surface area contributed by atoms with Gasteiger partial charge in [-0.1, -0.05) is 42.1 Å². The van der Waals surface area contributed by atoms with Crippen LogP contribution in [0.5, 0.6) is 0 Å². The second kappa shape index (κ2) is 7.81. The van der Waals surface area contributed by atoms with Gasteiger partial charge in [0.15, 0.2) is 4.34 Å². The molecule has 1 aromatic carbocycles. The largest absolute Gasteiger partial charge is 0.369 e. The Morgan fingerprint density at radius 3 is 2.88 bits per heavy atom. The number of carbonyl (C=O) groups excluding carboxylic acids is 2. The van der Waals surface area contributed by atoms with E-state index >= 15 is 0 Å². The van der Waals surface area contributed by atoms with Crippen molar-refractivity contribution in [3.63, 3.8) is 0 Å². The molecule has 0 unspecified atom stereocenters. The van der Waals surface area contributed by atoms with Crippen LogP contribution in [-0.2, 0) is 9.59 Å². The molecule has 0 spiro atoms. The molecular formula is C17H19N3O2S2. The quantitative estimate of drug-likeness (QED) is 0.831. The van der Waals surface area contributed by atoms with Gasteiger partial charge in [0.25, 0.3) is 0 Å². The van der Waals surface area contributed by atoms with E-state index in [4.69, 9.17) is 5.73 Å². The summed E-state index contributed by atoms with van der Waals surface area (Å²) in [7, 11) is 0. The molecule has 2 amide bonds. The zero-order valence-electron chi connectivity index (χ0n) is 13.2. The average Bonchev–Trinajstić information content (AvgIpc) is 3.09. The van der Waals surface area contributed by atoms with Gasteiger partial charge in [0.2, 0.25) is 11.8 Å². The van der Waals surface area contributed by atoms with Crippen molar-refractivity contribution in [1.29, 1.82) is 0 Å². The highest BCUT2D eigenvalue weighted by molar-refractivity contribution is 8.01. The van der Waals surface area contributed by atoms with Crippen molar-refractivity contribution in [1.82, 2.24) is 9.88 Å². The van der Waals surface area contributed by atoms with E-state index in [0.717, 1.165) is 28.4 Å². The van der Waals surface area contributed by atoms with Crippen LogP contribution in [0.15, 0.2) is 40.1 Å². The van der Waals surface area contributed by atoms with Gasteiger partial charge in [-0.25, -0.2) is 4.98 Å². The number of hydrogen-bond acceptors (Lipinski definition) is 5. The Labute approximate surface area is 149 Å². The van der Waals surface area contributed by atoms with Crippen molar-refractivity contribution in [3.05, 3.63) is 35.7 Å². The van der Waals surface area contributed by atoms with Crippen LogP contribution in [-0.4, -0.2) is 40.5 Å². The molecule has 5 nitrogen and oxygen atoms in total. The van der Waals surface area contributed by atoms with E-state index in [0.29, 0.717) is 18.8 Å². The monoisotopic (exact) mass is 361 g/mol. The van der Waals surface area contributed by atoms with Crippen LogP contribution in [0, 0.1) is 5.92 Å². The lowest BCUT2D eigenvalue weighted by molar-refractivity contribution is -0.132. The number of thioether (sulfide) groups is 1. The lowest BCUT2D eigenvalue weighted by Crippen LogP contribution is -2.44. The molecule has 3 rings (SSSR count). The van der Waals surface area contributed by atoms with Crippen molar-refractivity contribution < 1.29 is 9.59 Å². The van der Waals surface area contributed by atoms with Gasteiger partial charge in [-0.3, -0.25) is 9.59 Å². The van der Waals surface area contributed by atoms with Gasteiger partial charge >= 0.3 is 0 Å². The molecule has 0 saturated carbocycles. The highest BCUT2D eigenvalue weighted by atomic mass is 32.2. The van der Waals surface area contributed by atoms with E-state index in [2.05, 4.69) is 4.98 Å². The number of primary amides is 1. The zero-order chi connectivity index (χ0) is 16.9. The molecule has 2 N–H and O–H groups in total. The van der Waals surface area contributed by atoms with Crippen LogP contribution in [0.3, 0.4) is 0 Å². The first-order valence-corrected chi connectivity index (χ1v) is 9.71. The van der Waals surface area contributed by atoms with Crippen LogP contribution in [0.2, 0.25) is 0 Å². The van der Waals surface area contributed by atoms with E-state index in [1.54, 1.807) is 16.2 Å². The fourth-order valence-corrected chi connectivity index (χ4v) is 4.45. The molecule has 1 aliphatic heterocycles. The Kier molecular flexibility index (Phi) is 5.52. The van der Waals surface area contributed by atoms with Gasteiger partial charge in [-0.2, -0.15) is 0 Å². The van der Waals surface area contributed by atoms with Gasteiger partial charge in [0.1, 0.15) is 0 Å². The Morgan fingerprint density at radius 2 is 2.12 bits per heavy atom. The molecule has 1 fully saturated rings. The van der Waals surface area contributed by atoms with Crippen LogP contribution in [0.25, 0.3) is 11.3 Å². The number of aromatic nitrogens is 1. The normalized spacial score (nSPS) is 17.7. The maximum Gasteiger partial charge on any atom is 0.233 e. The fourth-order valence-electron chi connectivity index (χ4n) is 2.72. The summed E-state index contributed by atoms with van der Waals surface area (Å²) in [6, 6.07) is 9.98. The number of benzene rings is 1. The maximum atomic E-state index is 12.3. The number of hydrogen-bond donors (Lipinski definition) is 1. The summed E-state index contributed by atoms with van der Waals surface area (Å²) in [5, 5.41) is 2.01. The summed E-state index contributed by atoms with van der Waals surface area (Å²) in [6.45, 7) is 1.15. The first-order chi connectivity index (χ1) is 11.6. The van der Waals surface area contributed by atoms with Crippen molar-refractivity contribution in [2.75, 3.05) is 18.8 Å². The predicted molar refractivity (Wildman–Crippen MR) is 96.8 cm³/mol. The van der Waals surface area contributed by atoms with E-state index in [-0.39, 0.29) is 17.7 Å². The van der Waals surface area contributed by atoms with Crippen molar-refractivity contribution in [2.24, 2.45) is 11.7 Å². The summed E-state index contributed by atoms with van der Waals surface area (Å²) < 4.78 is 0.880. The number of amides is 2. The third-order valence-corrected chi connectivity index (χ3v) is 6.05. The number of piperidine rings is 1. The number of nitrogens with two attached hydrogens (primary N) is 1. The zero-order valence-corrected chi connectivity index (χ0v) is 14.8. The molecule has 1 aromatic heterocycles. The molecule has 2 aromatic rings. The van der Waals surface area contributed by atoms with E-state index in [1.165, 1.54) is 11.8 Å². The molecule has 1 aliphatic rings. The highest BCUT2D eigenvalue weighted by Crippen LogP contribution is 2.28. The van der Waals surface area contributed by atoms with E-state index in [1.807, 2.05) is 35.7 Å². The van der Waals surface area contributed by atoms with Crippen LogP contribution >= 0.6 is 23.1 Å². The van der Waals surface area contributed by atoms with Crippen molar-refractivity contribution in [2.45, 2.75) is 17.2 Å². The van der Waals surface area contributed by atoms with Crippen LogP contribution in [0.1, 0.15) is 12.8 Å².